The summed E-state index contributed by atoms with van der Waals surface area (Å²) < 4.78 is 7.60. The second-order valence-corrected chi connectivity index (χ2v) is 11.2. The molecule has 0 bridgehead atoms. The summed E-state index contributed by atoms with van der Waals surface area (Å²) in [5, 5.41) is 10.6. The van der Waals surface area contributed by atoms with Crippen LogP contribution in [0.5, 0.6) is 0 Å². The molecule has 2 aromatic carbocycles. The minimum atomic E-state index is -0.536. The molecule has 0 spiro atoms. The van der Waals surface area contributed by atoms with Crippen LogP contribution in [0.4, 0.5) is 4.79 Å². The number of hydrogen-bond donors (Lipinski definition) is 0. The first-order valence-electron chi connectivity index (χ1n) is 13.1. The molecule has 198 valence electrons. The van der Waals surface area contributed by atoms with E-state index in [0.717, 1.165) is 46.3 Å². The van der Waals surface area contributed by atoms with Crippen molar-refractivity contribution in [2.45, 2.75) is 58.2 Å². The second-order valence-electron chi connectivity index (χ2n) is 11.2. The fraction of sp³-hybridized carbons (Fsp3) is 0.312. The normalized spacial score (nSPS) is 16.8. The van der Waals surface area contributed by atoms with E-state index in [-0.39, 0.29) is 24.0 Å². The van der Waals surface area contributed by atoms with Crippen LogP contribution in [0, 0.1) is 11.3 Å². The first kappa shape index (κ1) is 26.2. The number of Topliss-reactive ketones (excluding diaryl/α,β-unsaturated/α-hetero) is 1. The van der Waals surface area contributed by atoms with Crippen molar-refractivity contribution in [1.82, 2.24) is 14.5 Å². The number of ketones is 1. The van der Waals surface area contributed by atoms with E-state index in [1.807, 2.05) is 87.6 Å². The molecule has 2 heterocycles. The number of ether oxygens (including phenoxy) is 1. The third kappa shape index (κ3) is 5.28. The zero-order valence-electron chi connectivity index (χ0n) is 22.9. The molecular weight excluding hydrogens is 488 g/mol. The van der Waals surface area contributed by atoms with E-state index in [2.05, 4.69) is 10.6 Å². The highest BCUT2D eigenvalue weighted by Crippen LogP contribution is 2.39. The maximum Gasteiger partial charge on any atom is 0.410 e. The van der Waals surface area contributed by atoms with Gasteiger partial charge in [-0.1, -0.05) is 48.5 Å². The summed E-state index contributed by atoms with van der Waals surface area (Å²) in [7, 11) is 1.78. The van der Waals surface area contributed by atoms with Gasteiger partial charge in [-0.05, 0) is 63.8 Å². The molecule has 1 saturated carbocycles. The van der Waals surface area contributed by atoms with Crippen molar-refractivity contribution >= 4 is 22.9 Å². The van der Waals surface area contributed by atoms with Crippen LogP contribution in [0.25, 0.3) is 33.4 Å². The van der Waals surface area contributed by atoms with E-state index >= 15 is 0 Å². The van der Waals surface area contributed by atoms with Crippen molar-refractivity contribution in [2.24, 2.45) is 0 Å². The Morgan fingerprint density at radius 3 is 2.13 bits per heavy atom. The van der Waals surface area contributed by atoms with Gasteiger partial charge in [-0.15, -0.1) is 0 Å². The molecule has 39 heavy (non-hydrogen) atoms. The topological polar surface area (TPSA) is 88.2 Å². The van der Waals surface area contributed by atoms with Crippen molar-refractivity contribution in [3.8, 4) is 28.5 Å². The molecule has 1 fully saturated rings. The molecular formula is C32H32N4O3. The van der Waals surface area contributed by atoms with Gasteiger partial charge < -0.3 is 14.2 Å². The van der Waals surface area contributed by atoms with Gasteiger partial charge >= 0.3 is 6.09 Å². The van der Waals surface area contributed by atoms with Crippen molar-refractivity contribution in [2.75, 3.05) is 7.05 Å². The van der Waals surface area contributed by atoms with Gasteiger partial charge in [0.05, 0.1) is 11.3 Å². The largest absolute Gasteiger partial charge is 0.444 e. The van der Waals surface area contributed by atoms with E-state index < -0.39 is 5.60 Å². The molecule has 0 saturated heterocycles. The number of amides is 1. The van der Waals surface area contributed by atoms with Crippen LogP contribution in [-0.4, -0.2) is 45.0 Å². The maximum atomic E-state index is 12.5. The number of nitriles is 1. The SMILES string of the molecule is CC(=O)c1ccc(-c2ccc(-c3ccc4c(C#N)cn(C5CC(N(C)C(=O)OC(C)(C)C)C5)c4n3)cc2)cc1. The highest BCUT2D eigenvalue weighted by Gasteiger charge is 2.37. The Bertz CT molecular complexity index is 1580. The molecule has 7 nitrogen and oxygen atoms in total. The van der Waals surface area contributed by atoms with Crippen LogP contribution in [0.2, 0.25) is 0 Å². The predicted octanol–water partition coefficient (Wildman–Crippen LogP) is 7.01. The quantitative estimate of drug-likeness (QED) is 0.264. The highest BCUT2D eigenvalue weighted by atomic mass is 16.6. The molecule has 0 atom stereocenters. The van der Waals surface area contributed by atoms with Crippen molar-refractivity contribution in [3.05, 3.63) is 78.0 Å². The lowest BCUT2D eigenvalue weighted by Crippen LogP contribution is -2.47. The molecule has 4 aromatic rings. The standard InChI is InChI=1S/C32H32N4O3/c1-20(37)21-6-8-22(9-7-21)23-10-12-24(13-11-23)29-15-14-28-25(18-33)19-36(30(28)34-29)27-16-26(17-27)35(5)31(38)39-32(2,3)4/h6-15,19,26-27H,16-17H2,1-5H3. The van der Waals surface area contributed by atoms with Crippen LogP contribution in [-0.2, 0) is 4.74 Å². The average Bonchev–Trinajstić information content (AvgIpc) is 3.24. The number of hydrogen-bond acceptors (Lipinski definition) is 5. The molecule has 2 aromatic heterocycles. The average molecular weight is 521 g/mol. The van der Waals surface area contributed by atoms with Crippen molar-refractivity contribution < 1.29 is 14.3 Å². The zero-order valence-corrected chi connectivity index (χ0v) is 22.9. The lowest BCUT2D eigenvalue weighted by molar-refractivity contribution is 0.00808. The van der Waals surface area contributed by atoms with E-state index in [1.54, 1.807) is 18.9 Å². The van der Waals surface area contributed by atoms with Gasteiger partial charge in [0.25, 0.3) is 0 Å². The van der Waals surface area contributed by atoms with E-state index in [1.165, 1.54) is 0 Å². The first-order chi connectivity index (χ1) is 18.5. The Morgan fingerprint density at radius 2 is 1.56 bits per heavy atom. The number of aromatic nitrogens is 2. The third-order valence-electron chi connectivity index (χ3n) is 7.31. The fourth-order valence-electron chi connectivity index (χ4n) is 4.97. The Labute approximate surface area is 228 Å². The highest BCUT2D eigenvalue weighted by molar-refractivity contribution is 5.94. The van der Waals surface area contributed by atoms with Crippen molar-refractivity contribution in [1.29, 1.82) is 5.26 Å². The summed E-state index contributed by atoms with van der Waals surface area (Å²) in [5.41, 5.74) is 5.43. The lowest BCUT2D eigenvalue weighted by Gasteiger charge is -2.42. The number of benzene rings is 2. The van der Waals surface area contributed by atoms with Crippen LogP contribution in [0.3, 0.4) is 0 Å². The summed E-state index contributed by atoms with van der Waals surface area (Å²) in [6.07, 6.45) is 3.10. The van der Waals surface area contributed by atoms with Crippen LogP contribution >= 0.6 is 0 Å². The smallest absolute Gasteiger partial charge is 0.410 e. The lowest BCUT2D eigenvalue weighted by atomic mass is 9.85. The molecule has 0 aliphatic heterocycles. The molecule has 0 radical (unpaired) electrons. The zero-order chi connectivity index (χ0) is 27.9. The van der Waals surface area contributed by atoms with Crippen LogP contribution < -0.4 is 0 Å². The molecule has 0 unspecified atom stereocenters. The first-order valence-corrected chi connectivity index (χ1v) is 13.1. The number of rotatable bonds is 5. The molecule has 5 rings (SSSR count). The van der Waals surface area contributed by atoms with Crippen LogP contribution in [0.1, 0.15) is 62.5 Å². The van der Waals surface area contributed by atoms with Gasteiger partial charge in [0.1, 0.15) is 17.3 Å². The Balaban J connectivity index is 1.37. The molecule has 1 aliphatic rings. The number of fused-ring (bicyclic) bond motifs is 1. The van der Waals surface area contributed by atoms with Gasteiger partial charge in [0.15, 0.2) is 5.78 Å². The summed E-state index contributed by atoms with van der Waals surface area (Å²) >= 11 is 0. The number of carbonyl (C=O) groups excluding carboxylic acids is 2. The summed E-state index contributed by atoms with van der Waals surface area (Å²) in [6, 6.07) is 22.2. The number of pyridine rings is 1. The van der Waals surface area contributed by atoms with Gasteiger partial charge in [0.2, 0.25) is 0 Å². The van der Waals surface area contributed by atoms with Gasteiger partial charge in [-0.25, -0.2) is 9.78 Å². The van der Waals surface area contributed by atoms with Crippen LogP contribution in [0.15, 0.2) is 66.9 Å². The van der Waals surface area contributed by atoms with E-state index in [9.17, 15) is 14.9 Å². The van der Waals surface area contributed by atoms with Crippen molar-refractivity contribution in [3.63, 3.8) is 0 Å². The number of nitrogens with zero attached hydrogens (tertiary/aromatic N) is 4. The Morgan fingerprint density at radius 1 is 0.974 bits per heavy atom. The third-order valence-corrected chi connectivity index (χ3v) is 7.31. The summed E-state index contributed by atoms with van der Waals surface area (Å²) in [6.45, 7) is 7.15. The second kappa shape index (κ2) is 10.0. The Kier molecular flexibility index (Phi) is 6.73. The summed E-state index contributed by atoms with van der Waals surface area (Å²) in [4.78, 5) is 30.7. The van der Waals surface area contributed by atoms with Gasteiger partial charge in [-0.3, -0.25) is 4.79 Å². The predicted molar refractivity (Wildman–Crippen MR) is 151 cm³/mol. The number of carbonyl (C=O) groups is 2. The van der Waals surface area contributed by atoms with Gasteiger partial charge in [-0.2, -0.15) is 5.26 Å². The Hall–Kier alpha value is -4.44. The fourth-order valence-corrected chi connectivity index (χ4v) is 4.97. The minimum absolute atomic E-state index is 0.0511. The minimum Gasteiger partial charge on any atom is -0.444 e. The van der Waals surface area contributed by atoms with E-state index in [4.69, 9.17) is 9.72 Å². The monoisotopic (exact) mass is 520 g/mol. The summed E-state index contributed by atoms with van der Waals surface area (Å²) in [5.74, 6) is 0.0511. The maximum absolute atomic E-state index is 12.5. The molecule has 1 amide bonds. The van der Waals surface area contributed by atoms with Gasteiger partial charge in [0, 0.05) is 41.8 Å². The molecule has 1 aliphatic carbocycles. The van der Waals surface area contributed by atoms with E-state index in [0.29, 0.717) is 11.1 Å². The molecule has 0 N–H and O–H groups in total. The molecule has 7 heteroatoms.